The van der Waals surface area contributed by atoms with Crippen molar-refractivity contribution in [2.24, 2.45) is 16.8 Å². The van der Waals surface area contributed by atoms with Crippen LogP contribution in [-0.4, -0.2) is 23.0 Å². The molecule has 0 bridgehead atoms. The summed E-state index contributed by atoms with van der Waals surface area (Å²) in [5.74, 6) is 2.98. The van der Waals surface area contributed by atoms with E-state index in [1.54, 1.807) is 0 Å². The number of hydrogen-bond donors (Lipinski definition) is 1. The monoisotopic (exact) mass is 282 g/mol. The van der Waals surface area contributed by atoms with Crippen LogP contribution in [0.4, 0.5) is 0 Å². The van der Waals surface area contributed by atoms with E-state index in [0.717, 1.165) is 11.8 Å². The summed E-state index contributed by atoms with van der Waals surface area (Å²) in [5, 5.41) is 4.86. The Hall–Kier alpha value is -0.180. The minimum absolute atomic E-state index is 0.574. The number of thioether (sulfide) groups is 1. The Balaban J connectivity index is 1.74. The minimum atomic E-state index is 0.574. The number of fused-ring (bicyclic) bond motifs is 1. The number of nitrogens with one attached hydrogen (secondary N) is 1. The van der Waals surface area contributed by atoms with E-state index in [1.807, 2.05) is 11.8 Å². The highest BCUT2D eigenvalue weighted by molar-refractivity contribution is 8.13. The quantitative estimate of drug-likeness (QED) is 0.805. The predicted molar refractivity (Wildman–Crippen MR) is 86.9 cm³/mol. The van der Waals surface area contributed by atoms with Gasteiger partial charge in [0.25, 0.3) is 0 Å². The smallest absolute Gasteiger partial charge is 0.157 e. The van der Waals surface area contributed by atoms with Crippen molar-refractivity contribution < 1.29 is 0 Å². The van der Waals surface area contributed by atoms with Crippen molar-refractivity contribution in [3.05, 3.63) is 0 Å². The lowest BCUT2D eigenvalue weighted by Gasteiger charge is -2.33. The van der Waals surface area contributed by atoms with Crippen molar-refractivity contribution in [1.29, 1.82) is 0 Å². The van der Waals surface area contributed by atoms with Crippen molar-refractivity contribution in [1.82, 2.24) is 5.32 Å². The van der Waals surface area contributed by atoms with Crippen LogP contribution < -0.4 is 5.32 Å². The summed E-state index contributed by atoms with van der Waals surface area (Å²) >= 11 is 1.96. The summed E-state index contributed by atoms with van der Waals surface area (Å²) in [7, 11) is 0. The molecule has 1 fully saturated rings. The maximum absolute atomic E-state index is 4.96. The second kappa shape index (κ2) is 7.56. The molecule has 0 aromatic rings. The third-order valence-corrected chi connectivity index (χ3v) is 5.47. The SMILES string of the molecule is CC(C)CCCC(C)NC1=NC2CCCCC2CS1. The molecule has 0 aromatic heterocycles. The van der Waals surface area contributed by atoms with Crippen molar-refractivity contribution >= 4 is 16.9 Å². The average Bonchev–Trinajstić information content (AvgIpc) is 2.38. The van der Waals surface area contributed by atoms with Gasteiger partial charge in [-0.05, 0) is 38.0 Å². The zero-order valence-corrected chi connectivity index (χ0v) is 13.6. The zero-order valence-electron chi connectivity index (χ0n) is 12.8. The van der Waals surface area contributed by atoms with Gasteiger partial charge in [-0.3, -0.25) is 4.99 Å². The van der Waals surface area contributed by atoms with Crippen LogP contribution in [0.2, 0.25) is 0 Å². The van der Waals surface area contributed by atoms with Crippen molar-refractivity contribution in [2.75, 3.05) is 5.75 Å². The van der Waals surface area contributed by atoms with E-state index in [9.17, 15) is 0 Å². The van der Waals surface area contributed by atoms with Gasteiger partial charge in [-0.15, -0.1) is 0 Å². The van der Waals surface area contributed by atoms with Gasteiger partial charge in [-0.25, -0.2) is 0 Å². The third-order valence-electron chi connectivity index (χ3n) is 4.37. The van der Waals surface area contributed by atoms with Crippen LogP contribution in [0.1, 0.15) is 65.7 Å². The molecular formula is C16H30N2S. The summed E-state index contributed by atoms with van der Waals surface area (Å²) in [4.78, 5) is 4.96. The fourth-order valence-corrected chi connectivity index (χ4v) is 4.38. The first kappa shape index (κ1) is 15.2. The molecule has 0 radical (unpaired) electrons. The number of rotatable bonds is 5. The molecule has 2 aliphatic rings. The molecule has 1 heterocycles. The summed E-state index contributed by atoms with van der Waals surface area (Å²) in [6, 6.07) is 1.20. The van der Waals surface area contributed by atoms with Gasteiger partial charge in [-0.2, -0.15) is 0 Å². The Morgan fingerprint density at radius 3 is 2.79 bits per heavy atom. The first-order chi connectivity index (χ1) is 9.15. The van der Waals surface area contributed by atoms with Crippen LogP contribution in [0.5, 0.6) is 0 Å². The highest BCUT2D eigenvalue weighted by atomic mass is 32.2. The normalized spacial score (nSPS) is 28.7. The lowest BCUT2D eigenvalue weighted by molar-refractivity contribution is 0.335. The van der Waals surface area contributed by atoms with Crippen LogP contribution in [0.25, 0.3) is 0 Å². The highest BCUT2D eigenvalue weighted by Gasteiger charge is 2.29. The standard InChI is InChI=1S/C16H30N2S/c1-12(2)7-6-8-13(3)17-16-18-15-10-5-4-9-14(15)11-19-16/h12-15H,4-11H2,1-3H3,(H,17,18). The third kappa shape index (κ3) is 5.02. The second-order valence-corrected chi connectivity index (χ2v) is 7.74. The average molecular weight is 282 g/mol. The summed E-state index contributed by atoms with van der Waals surface area (Å²) in [5.41, 5.74) is 0. The van der Waals surface area contributed by atoms with Crippen LogP contribution in [0.15, 0.2) is 4.99 Å². The number of amidine groups is 1. The van der Waals surface area contributed by atoms with E-state index in [4.69, 9.17) is 4.99 Å². The summed E-state index contributed by atoms with van der Waals surface area (Å²) in [6.45, 7) is 6.92. The molecule has 0 amide bonds. The maximum Gasteiger partial charge on any atom is 0.157 e. The molecule has 3 heteroatoms. The van der Waals surface area contributed by atoms with Crippen molar-refractivity contribution in [2.45, 2.75) is 77.8 Å². The molecule has 19 heavy (non-hydrogen) atoms. The Bertz CT molecular complexity index is 301. The fourth-order valence-electron chi connectivity index (χ4n) is 3.12. The van der Waals surface area contributed by atoms with E-state index in [2.05, 4.69) is 26.1 Å². The molecule has 2 nitrogen and oxygen atoms in total. The second-order valence-electron chi connectivity index (χ2n) is 6.73. The van der Waals surface area contributed by atoms with Gasteiger partial charge < -0.3 is 5.32 Å². The highest BCUT2D eigenvalue weighted by Crippen LogP contribution is 2.33. The Labute approximate surface area is 123 Å². The minimum Gasteiger partial charge on any atom is -0.362 e. The van der Waals surface area contributed by atoms with Crippen LogP contribution in [0.3, 0.4) is 0 Å². The maximum atomic E-state index is 4.96. The lowest BCUT2D eigenvalue weighted by Crippen LogP contribution is -2.38. The zero-order chi connectivity index (χ0) is 13.7. The van der Waals surface area contributed by atoms with Gasteiger partial charge in [0.2, 0.25) is 0 Å². The molecule has 110 valence electrons. The van der Waals surface area contributed by atoms with Crippen LogP contribution >= 0.6 is 11.8 Å². The Morgan fingerprint density at radius 2 is 2.00 bits per heavy atom. The molecule has 0 spiro atoms. The largest absolute Gasteiger partial charge is 0.362 e. The van der Waals surface area contributed by atoms with Crippen LogP contribution in [0, 0.1) is 11.8 Å². The van der Waals surface area contributed by atoms with E-state index >= 15 is 0 Å². The number of aliphatic imine (C=N–C) groups is 1. The van der Waals surface area contributed by atoms with E-state index in [-0.39, 0.29) is 0 Å². The van der Waals surface area contributed by atoms with Crippen LogP contribution in [-0.2, 0) is 0 Å². The number of hydrogen-bond acceptors (Lipinski definition) is 3. The first-order valence-electron chi connectivity index (χ1n) is 8.12. The van der Waals surface area contributed by atoms with Gasteiger partial charge in [0.05, 0.1) is 6.04 Å². The fraction of sp³-hybridized carbons (Fsp3) is 0.938. The van der Waals surface area contributed by atoms with Crippen molar-refractivity contribution in [3.8, 4) is 0 Å². The van der Waals surface area contributed by atoms with Gasteiger partial charge in [0.1, 0.15) is 0 Å². The summed E-state index contributed by atoms with van der Waals surface area (Å²) in [6.07, 6.45) is 9.47. The topological polar surface area (TPSA) is 24.4 Å². The Morgan fingerprint density at radius 1 is 1.21 bits per heavy atom. The lowest BCUT2D eigenvalue weighted by atomic mass is 9.86. The molecule has 3 atom stereocenters. The first-order valence-corrected chi connectivity index (χ1v) is 9.11. The van der Waals surface area contributed by atoms with Gasteiger partial charge >= 0.3 is 0 Å². The van der Waals surface area contributed by atoms with Crippen molar-refractivity contribution in [3.63, 3.8) is 0 Å². The number of nitrogens with zero attached hydrogens (tertiary/aromatic N) is 1. The summed E-state index contributed by atoms with van der Waals surface area (Å²) < 4.78 is 0. The predicted octanol–water partition coefficient (Wildman–Crippen LogP) is 4.45. The molecule has 1 saturated carbocycles. The molecule has 1 aliphatic heterocycles. The van der Waals surface area contributed by atoms with E-state index in [0.29, 0.717) is 12.1 Å². The molecule has 3 unspecified atom stereocenters. The van der Waals surface area contributed by atoms with Gasteiger partial charge in [0.15, 0.2) is 5.17 Å². The van der Waals surface area contributed by atoms with E-state index in [1.165, 1.54) is 55.9 Å². The van der Waals surface area contributed by atoms with Gasteiger partial charge in [0, 0.05) is 11.8 Å². The Kier molecular flexibility index (Phi) is 6.06. The molecule has 0 saturated heterocycles. The molecule has 0 aromatic carbocycles. The van der Waals surface area contributed by atoms with Gasteiger partial charge in [-0.1, -0.05) is 51.3 Å². The molecule has 2 rings (SSSR count). The molecular weight excluding hydrogens is 252 g/mol. The van der Waals surface area contributed by atoms with E-state index < -0.39 is 0 Å². The molecule has 1 aliphatic carbocycles. The molecule has 1 N–H and O–H groups in total.